The zero-order chi connectivity index (χ0) is 22.4. The Hall–Kier alpha value is -1.14. The van der Waals surface area contributed by atoms with Gasteiger partial charge in [0.1, 0.15) is 6.61 Å². The van der Waals surface area contributed by atoms with Crippen molar-refractivity contribution in [3.05, 3.63) is 124 Å². The summed E-state index contributed by atoms with van der Waals surface area (Å²) in [7, 11) is -0.409. The minimum atomic E-state index is -0.409. The number of ether oxygens (including phenoxy) is 1. The van der Waals surface area contributed by atoms with E-state index in [0.717, 1.165) is 11.8 Å². The molecule has 0 bridgehead atoms. The van der Waals surface area contributed by atoms with Crippen molar-refractivity contribution in [2.75, 3.05) is 6.61 Å². The zero-order valence-electron chi connectivity index (χ0n) is 19.3. The van der Waals surface area contributed by atoms with Gasteiger partial charge in [0.2, 0.25) is 0 Å². The van der Waals surface area contributed by atoms with E-state index in [0.29, 0.717) is 6.61 Å². The molecule has 1 heterocycles. The average molecular weight is 495 g/mol. The summed E-state index contributed by atoms with van der Waals surface area (Å²) in [6, 6.07) is 21.8. The van der Waals surface area contributed by atoms with E-state index < -0.39 is 7.92 Å². The van der Waals surface area contributed by atoms with Crippen LogP contribution in [0.1, 0.15) is 20.8 Å². The molecule has 33 heavy (non-hydrogen) atoms. The van der Waals surface area contributed by atoms with Crippen LogP contribution in [0.2, 0.25) is 0 Å². The van der Waals surface area contributed by atoms with Gasteiger partial charge in [-0.25, -0.2) is 4.99 Å². The molecule has 0 aromatic heterocycles. The largest absolute Gasteiger partial charge is 2.00 e. The van der Waals surface area contributed by atoms with E-state index in [1.165, 1.54) is 16.3 Å². The van der Waals surface area contributed by atoms with E-state index in [9.17, 15) is 0 Å². The molecule has 2 aliphatic carbocycles. The quantitative estimate of drug-likeness (QED) is 0.393. The second-order valence-corrected chi connectivity index (χ2v) is 11.2. The summed E-state index contributed by atoms with van der Waals surface area (Å²) in [5.74, 6) is 1.90. The molecule has 2 fully saturated rings. The average Bonchev–Trinajstić information content (AvgIpc) is 3.57. The molecule has 1 aliphatic heterocycles. The first kappa shape index (κ1) is 26.5. The molecule has 3 aliphatic rings. The molecule has 4 heteroatoms. The molecule has 168 valence electrons. The maximum Gasteiger partial charge on any atom is 2.00 e. The number of nitrogens with zero attached hydrogens (tertiary/aromatic N) is 1. The Balaban J connectivity index is 0.000000186. The number of hydrogen-bond donors (Lipinski definition) is 0. The van der Waals surface area contributed by atoms with Crippen molar-refractivity contribution in [3.8, 4) is 0 Å². The zero-order valence-corrected chi connectivity index (χ0v) is 21.3. The molecule has 10 radical (unpaired) electrons. The fourth-order valence-corrected chi connectivity index (χ4v) is 5.91. The van der Waals surface area contributed by atoms with Gasteiger partial charge in [0, 0.05) is 5.66 Å². The Bertz CT molecular complexity index is 813. The van der Waals surface area contributed by atoms with Gasteiger partial charge in [-0.1, -0.05) is 81.4 Å². The van der Waals surface area contributed by atoms with Crippen LogP contribution in [-0.2, 0) is 21.8 Å². The molecule has 2 aromatic rings. The molecular weight excluding hydrogens is 465 g/mol. The number of aliphatic imine (C=N–C) groups is 1. The van der Waals surface area contributed by atoms with Gasteiger partial charge in [0.25, 0.3) is 0 Å². The second-order valence-electron chi connectivity index (χ2n) is 8.95. The SMILES string of the molecule is CC(C)(C)[C@H]1COC([C]2[CH][CH][CH][CH]2)=N1.[CH]1[CH][CH][C](P(c2ccccc2)c2ccccc2)[CH]1.[Fe+2]. The van der Waals surface area contributed by atoms with Crippen LogP contribution in [0, 0.1) is 68.4 Å². The van der Waals surface area contributed by atoms with Gasteiger partial charge in [0.05, 0.1) is 12.0 Å². The minimum absolute atomic E-state index is 0. The van der Waals surface area contributed by atoms with Crippen LogP contribution >= 0.6 is 7.92 Å². The van der Waals surface area contributed by atoms with Crippen molar-refractivity contribution in [3.63, 3.8) is 0 Å². The fraction of sp³-hybridized carbons (Fsp3) is 0.207. The Kier molecular flexibility index (Phi) is 10.0. The maximum atomic E-state index is 5.59. The van der Waals surface area contributed by atoms with Crippen molar-refractivity contribution < 1.29 is 21.8 Å². The Morgan fingerprint density at radius 3 is 1.70 bits per heavy atom. The van der Waals surface area contributed by atoms with E-state index >= 15 is 0 Å². The third kappa shape index (κ3) is 7.17. The summed E-state index contributed by atoms with van der Waals surface area (Å²) in [6.07, 6.45) is 16.8. The second kappa shape index (κ2) is 12.5. The normalized spacial score (nSPS) is 21.2. The van der Waals surface area contributed by atoms with Crippen molar-refractivity contribution in [2.45, 2.75) is 26.8 Å². The van der Waals surface area contributed by atoms with E-state index in [2.05, 4.69) is 112 Å². The number of benzene rings is 2. The van der Waals surface area contributed by atoms with E-state index in [1.807, 2.05) is 25.7 Å². The molecule has 0 amide bonds. The van der Waals surface area contributed by atoms with Crippen molar-refractivity contribution in [2.24, 2.45) is 10.4 Å². The molecule has 5 rings (SSSR count). The maximum absolute atomic E-state index is 5.59. The first-order valence-corrected chi connectivity index (χ1v) is 12.4. The molecule has 2 saturated carbocycles. The van der Waals surface area contributed by atoms with Crippen LogP contribution in [0.4, 0.5) is 0 Å². The van der Waals surface area contributed by atoms with Crippen molar-refractivity contribution >= 4 is 24.4 Å². The Morgan fingerprint density at radius 1 is 0.758 bits per heavy atom. The number of rotatable bonds is 4. The van der Waals surface area contributed by atoms with Gasteiger partial charge in [-0.15, -0.1) is 0 Å². The monoisotopic (exact) mass is 495 g/mol. The molecular formula is C29H30FeNOP+2. The molecule has 0 spiro atoms. The van der Waals surface area contributed by atoms with Gasteiger partial charge >= 0.3 is 17.1 Å². The van der Waals surface area contributed by atoms with Crippen molar-refractivity contribution in [1.29, 1.82) is 0 Å². The first-order chi connectivity index (χ1) is 15.5. The van der Waals surface area contributed by atoms with Gasteiger partial charge < -0.3 is 4.74 Å². The molecule has 0 N–H and O–H groups in total. The predicted molar refractivity (Wildman–Crippen MR) is 137 cm³/mol. The van der Waals surface area contributed by atoms with Gasteiger partial charge in [-0.2, -0.15) is 0 Å². The molecule has 2 aromatic carbocycles. The summed E-state index contributed by atoms with van der Waals surface area (Å²) in [5, 5.41) is 2.81. The Morgan fingerprint density at radius 2 is 1.24 bits per heavy atom. The van der Waals surface area contributed by atoms with Gasteiger partial charge in [-0.3, -0.25) is 0 Å². The molecule has 1 atom stereocenters. The smallest absolute Gasteiger partial charge is 0.478 e. The number of hydrogen-bond acceptors (Lipinski definition) is 2. The minimum Gasteiger partial charge on any atom is -0.478 e. The van der Waals surface area contributed by atoms with Crippen LogP contribution in [0.5, 0.6) is 0 Å². The predicted octanol–water partition coefficient (Wildman–Crippen LogP) is 5.71. The fourth-order valence-electron chi connectivity index (χ4n) is 3.61. The van der Waals surface area contributed by atoms with Crippen LogP contribution in [-0.4, -0.2) is 18.5 Å². The van der Waals surface area contributed by atoms with Crippen molar-refractivity contribution in [1.82, 2.24) is 0 Å². The topological polar surface area (TPSA) is 21.6 Å². The van der Waals surface area contributed by atoms with Gasteiger partial charge in [-0.05, 0) is 75.3 Å². The third-order valence-corrected chi connectivity index (χ3v) is 7.94. The van der Waals surface area contributed by atoms with E-state index in [4.69, 9.17) is 4.74 Å². The van der Waals surface area contributed by atoms with Crippen LogP contribution < -0.4 is 10.6 Å². The van der Waals surface area contributed by atoms with Crippen LogP contribution in [0.15, 0.2) is 65.7 Å². The molecule has 0 unspecified atom stereocenters. The van der Waals surface area contributed by atoms with E-state index in [1.54, 1.807) is 0 Å². The van der Waals surface area contributed by atoms with Crippen LogP contribution in [0.3, 0.4) is 0 Å². The summed E-state index contributed by atoms with van der Waals surface area (Å²) < 4.78 is 5.59. The first-order valence-electron chi connectivity index (χ1n) is 11.1. The summed E-state index contributed by atoms with van der Waals surface area (Å²) in [6.45, 7) is 7.29. The standard InChI is InChI=1S/C17H14P.C12H16NO.Fe/c1-3-9-15(10-4-1)18(17-13-7-8-14-17)16-11-5-2-6-12-16;1-12(2,3)10-8-14-11(13-10)9-6-4-5-7-9;/h1-14H;4-7,10H,8H2,1-3H3;/q;;+2/t;10-;/m.1./s1. The Labute approximate surface area is 213 Å². The third-order valence-electron chi connectivity index (χ3n) is 5.49. The molecule has 2 nitrogen and oxygen atoms in total. The summed E-state index contributed by atoms with van der Waals surface area (Å²) in [5.41, 5.74) is 1.61. The van der Waals surface area contributed by atoms with E-state index in [-0.39, 0.29) is 28.5 Å². The van der Waals surface area contributed by atoms with Gasteiger partial charge in [0.15, 0.2) is 5.90 Å². The molecule has 0 saturated heterocycles. The summed E-state index contributed by atoms with van der Waals surface area (Å²) in [4.78, 5) is 4.60. The van der Waals surface area contributed by atoms with Crippen LogP contribution in [0.25, 0.3) is 0 Å². The summed E-state index contributed by atoms with van der Waals surface area (Å²) >= 11 is 0.